The van der Waals surface area contributed by atoms with Crippen molar-refractivity contribution in [2.24, 2.45) is 0 Å². The van der Waals surface area contributed by atoms with Gasteiger partial charge in [0.05, 0.1) is 0 Å². The molecule has 1 heterocycles. The van der Waals surface area contributed by atoms with Crippen LogP contribution in [0.4, 0.5) is 0 Å². The molecule has 0 radical (unpaired) electrons. The molecule has 0 aliphatic rings. The molecule has 52 valence electrons. The number of aryl methyl sites for hydroxylation is 1. The fraction of sp³-hybridized carbons (Fsp3) is 0.111. The van der Waals surface area contributed by atoms with Crippen molar-refractivity contribution in [1.29, 1.82) is 0 Å². The fourth-order valence-electron chi connectivity index (χ4n) is 1.27. The van der Waals surface area contributed by atoms with Gasteiger partial charge >= 0.3 is 65.5 Å². The summed E-state index contributed by atoms with van der Waals surface area (Å²) in [5.41, 5.74) is 1.10. The third-order valence-corrected chi connectivity index (χ3v) is 1.87. The second kappa shape index (κ2) is 2.46. The van der Waals surface area contributed by atoms with Crippen molar-refractivity contribution in [3.05, 3.63) is 36.1 Å². The first-order chi connectivity index (χ1) is 5.38. The summed E-state index contributed by atoms with van der Waals surface area (Å²) in [6, 6.07) is 8.28. The third-order valence-electron chi connectivity index (χ3n) is 1.87. The van der Waals surface area contributed by atoms with E-state index in [0.717, 1.165) is 5.69 Å². The molecule has 0 aliphatic carbocycles. The van der Waals surface area contributed by atoms with Crippen molar-refractivity contribution in [1.82, 2.24) is 4.98 Å². The Bertz CT molecular complexity index is 379. The van der Waals surface area contributed by atoms with Crippen molar-refractivity contribution in [2.75, 3.05) is 0 Å². The Kier molecular flexibility index (Phi) is 1.46. The fourth-order valence-corrected chi connectivity index (χ4v) is 1.27. The number of hydrogen-bond acceptors (Lipinski definition) is 1. The molecule has 0 N–H and O–H groups in total. The van der Waals surface area contributed by atoms with E-state index >= 15 is 0 Å². The van der Waals surface area contributed by atoms with E-state index in [0.29, 0.717) is 0 Å². The van der Waals surface area contributed by atoms with Gasteiger partial charge < -0.3 is 0 Å². The molecule has 0 amide bonds. The molecule has 2 rings (SSSR count). The standard InChI is InChI=1S/C9H8BN/c1-7-8-4-2-3-5-9(8)10-6-11-7/h2-6H,1H3. The van der Waals surface area contributed by atoms with Crippen LogP contribution in [0.5, 0.6) is 0 Å². The van der Waals surface area contributed by atoms with E-state index in [-0.39, 0.29) is 0 Å². The second-order valence-electron chi connectivity index (χ2n) is 2.62. The zero-order chi connectivity index (χ0) is 7.68. The summed E-state index contributed by atoms with van der Waals surface area (Å²) in [5.74, 6) is 0. The van der Waals surface area contributed by atoms with Crippen LogP contribution in [0.3, 0.4) is 0 Å². The number of rotatable bonds is 0. The van der Waals surface area contributed by atoms with Crippen LogP contribution < -0.4 is 0 Å². The Labute approximate surface area is 66.3 Å². The van der Waals surface area contributed by atoms with Crippen LogP contribution in [0.1, 0.15) is 5.69 Å². The molecule has 0 bridgehead atoms. The van der Waals surface area contributed by atoms with Gasteiger partial charge in [-0.15, -0.1) is 0 Å². The topological polar surface area (TPSA) is 12.9 Å². The van der Waals surface area contributed by atoms with Crippen LogP contribution in [0.25, 0.3) is 10.7 Å². The Morgan fingerprint density at radius 2 is 2.09 bits per heavy atom. The molecule has 0 atom stereocenters. The van der Waals surface area contributed by atoms with Crippen molar-refractivity contribution in [3.8, 4) is 0 Å². The van der Waals surface area contributed by atoms with E-state index in [2.05, 4.69) is 17.1 Å². The number of hydrogen-bond donors (Lipinski definition) is 0. The molecule has 0 saturated carbocycles. The SMILES string of the molecule is Cc1ncbc2ccccc12. The molecule has 0 fully saturated rings. The Hall–Kier alpha value is -1.18. The first kappa shape index (κ1) is 6.53. The predicted octanol–water partition coefficient (Wildman–Crippen LogP) is 1.88. The first-order valence-electron chi connectivity index (χ1n) is 3.68. The monoisotopic (exact) mass is 141 g/mol. The molecular weight excluding hydrogens is 133 g/mol. The third kappa shape index (κ3) is 1.05. The van der Waals surface area contributed by atoms with E-state index in [1.165, 1.54) is 10.7 Å². The maximum absolute atomic E-state index is 4.21. The van der Waals surface area contributed by atoms with Gasteiger partial charge in [-0.3, -0.25) is 0 Å². The summed E-state index contributed by atoms with van der Waals surface area (Å²) in [5, 5.41) is 2.51. The summed E-state index contributed by atoms with van der Waals surface area (Å²) in [6.07, 6.45) is 1.84. The summed E-state index contributed by atoms with van der Waals surface area (Å²) >= 11 is 0. The number of fused-ring (bicyclic) bond motifs is 1. The Morgan fingerprint density at radius 1 is 1.27 bits per heavy atom. The Balaban J connectivity index is 2.91. The predicted molar refractivity (Wildman–Crippen MR) is 47.8 cm³/mol. The molecule has 0 spiro atoms. The summed E-state index contributed by atoms with van der Waals surface area (Å²) in [7, 11) is 0. The van der Waals surface area contributed by atoms with Gasteiger partial charge in [0.15, 0.2) is 0 Å². The van der Waals surface area contributed by atoms with Crippen LogP contribution >= 0.6 is 0 Å². The van der Waals surface area contributed by atoms with E-state index in [4.69, 9.17) is 0 Å². The van der Waals surface area contributed by atoms with Crippen molar-refractivity contribution in [2.45, 2.75) is 6.92 Å². The summed E-state index contributed by atoms with van der Waals surface area (Å²) in [4.78, 5) is 4.21. The van der Waals surface area contributed by atoms with Crippen LogP contribution in [0.2, 0.25) is 0 Å². The maximum atomic E-state index is 4.21. The van der Waals surface area contributed by atoms with Gasteiger partial charge in [-0.05, 0) is 0 Å². The summed E-state index contributed by atoms with van der Waals surface area (Å²) < 4.78 is 0. The molecule has 1 nitrogen and oxygen atoms in total. The quantitative estimate of drug-likeness (QED) is 0.545. The average Bonchev–Trinajstić information content (AvgIpc) is 2.06. The molecule has 1 aromatic heterocycles. The zero-order valence-corrected chi connectivity index (χ0v) is 6.41. The van der Waals surface area contributed by atoms with Gasteiger partial charge in [-0.1, -0.05) is 0 Å². The minimum absolute atomic E-state index is 1.10. The van der Waals surface area contributed by atoms with Crippen molar-refractivity contribution in [3.63, 3.8) is 0 Å². The van der Waals surface area contributed by atoms with Gasteiger partial charge in [0.25, 0.3) is 0 Å². The van der Waals surface area contributed by atoms with Crippen LogP contribution in [-0.4, -0.2) is 11.9 Å². The van der Waals surface area contributed by atoms with Crippen LogP contribution in [-0.2, 0) is 0 Å². The molecule has 0 unspecified atom stereocenters. The average molecular weight is 141 g/mol. The van der Waals surface area contributed by atoms with Crippen molar-refractivity contribution < 1.29 is 0 Å². The van der Waals surface area contributed by atoms with E-state index in [1.807, 2.05) is 32.1 Å². The molecule has 0 saturated heterocycles. The van der Waals surface area contributed by atoms with E-state index < -0.39 is 0 Å². The molecule has 0 aliphatic heterocycles. The number of nitrogens with zero attached hydrogens (tertiary/aromatic N) is 1. The van der Waals surface area contributed by atoms with Crippen LogP contribution in [0.15, 0.2) is 30.4 Å². The molecular formula is C9H8BN. The first-order valence-corrected chi connectivity index (χ1v) is 3.68. The zero-order valence-electron chi connectivity index (χ0n) is 6.41. The number of aromatic nitrogens is 1. The molecule has 11 heavy (non-hydrogen) atoms. The van der Waals surface area contributed by atoms with Crippen molar-refractivity contribution >= 4 is 17.6 Å². The van der Waals surface area contributed by atoms with E-state index in [9.17, 15) is 0 Å². The summed E-state index contributed by atoms with van der Waals surface area (Å²) in [6.45, 7) is 4.06. The number of benzene rings is 1. The van der Waals surface area contributed by atoms with Gasteiger partial charge in [0.1, 0.15) is 0 Å². The molecule has 2 heteroatoms. The minimum atomic E-state index is 1.10. The van der Waals surface area contributed by atoms with Gasteiger partial charge in [0, 0.05) is 0 Å². The van der Waals surface area contributed by atoms with Gasteiger partial charge in [0.2, 0.25) is 0 Å². The van der Waals surface area contributed by atoms with Gasteiger partial charge in [-0.25, -0.2) is 0 Å². The Morgan fingerprint density at radius 3 is 2.91 bits per heavy atom. The molecule has 1 aromatic carbocycles. The van der Waals surface area contributed by atoms with Crippen LogP contribution in [0, 0.1) is 6.92 Å². The molecule has 2 aromatic rings. The van der Waals surface area contributed by atoms with E-state index in [1.54, 1.807) is 0 Å². The van der Waals surface area contributed by atoms with Gasteiger partial charge in [-0.2, -0.15) is 0 Å². The second-order valence-corrected chi connectivity index (χ2v) is 2.62. The normalized spacial score (nSPS) is 9.91.